The normalized spacial score (nSPS) is 19.4. The van der Waals surface area contributed by atoms with Gasteiger partial charge in [0.15, 0.2) is 0 Å². The number of hydrogen-bond acceptors (Lipinski definition) is 3. The summed E-state index contributed by atoms with van der Waals surface area (Å²) in [4.78, 5) is 28.7. The van der Waals surface area contributed by atoms with Crippen molar-refractivity contribution in [3.05, 3.63) is 30.1 Å². The van der Waals surface area contributed by atoms with Gasteiger partial charge in [0.05, 0.1) is 6.04 Å². The number of urea groups is 1. The lowest BCUT2D eigenvalue weighted by Crippen LogP contribution is -2.46. The molecule has 0 radical (unpaired) electrons. The lowest BCUT2D eigenvalue weighted by atomic mass is 9.97. The van der Waals surface area contributed by atoms with Crippen molar-refractivity contribution in [2.45, 2.75) is 32.2 Å². The van der Waals surface area contributed by atoms with E-state index in [0.717, 1.165) is 24.8 Å². The van der Waals surface area contributed by atoms with Gasteiger partial charge in [0.1, 0.15) is 0 Å². The summed E-state index contributed by atoms with van der Waals surface area (Å²) in [6, 6.07) is 3.55. The first-order valence-corrected chi connectivity index (χ1v) is 6.16. The van der Waals surface area contributed by atoms with Gasteiger partial charge in [0.2, 0.25) is 5.91 Å². The molecule has 0 spiro atoms. The van der Waals surface area contributed by atoms with Crippen molar-refractivity contribution >= 4 is 11.9 Å². The number of hydrogen-bond donors (Lipinski definition) is 1. The molecule has 1 aliphatic heterocycles. The zero-order valence-corrected chi connectivity index (χ0v) is 10.4. The Labute approximate surface area is 106 Å². The van der Waals surface area contributed by atoms with E-state index in [1.807, 2.05) is 12.1 Å². The lowest BCUT2D eigenvalue weighted by Gasteiger charge is -2.35. The molecule has 1 fully saturated rings. The molecule has 2 heterocycles. The first-order valence-electron chi connectivity index (χ1n) is 6.16. The second kappa shape index (κ2) is 5.62. The molecule has 1 saturated heterocycles. The van der Waals surface area contributed by atoms with Crippen LogP contribution in [0.25, 0.3) is 0 Å². The van der Waals surface area contributed by atoms with Crippen molar-refractivity contribution in [3.8, 4) is 0 Å². The molecule has 1 N–H and O–H groups in total. The van der Waals surface area contributed by atoms with Gasteiger partial charge in [-0.15, -0.1) is 0 Å². The second-order valence-corrected chi connectivity index (χ2v) is 4.48. The smallest absolute Gasteiger partial charge is 0.317 e. The minimum Gasteiger partial charge on any atom is -0.317 e. The number of aromatic nitrogens is 1. The van der Waals surface area contributed by atoms with Crippen LogP contribution in [0.3, 0.4) is 0 Å². The van der Waals surface area contributed by atoms with E-state index < -0.39 is 0 Å². The van der Waals surface area contributed by atoms with Crippen LogP contribution >= 0.6 is 0 Å². The van der Waals surface area contributed by atoms with E-state index in [-0.39, 0.29) is 18.0 Å². The van der Waals surface area contributed by atoms with E-state index >= 15 is 0 Å². The number of pyridine rings is 1. The quantitative estimate of drug-likeness (QED) is 0.824. The fourth-order valence-corrected chi connectivity index (χ4v) is 2.32. The Balaban J connectivity index is 2.16. The number of amides is 3. The number of imide groups is 1. The minimum absolute atomic E-state index is 0.0202. The summed E-state index contributed by atoms with van der Waals surface area (Å²) in [7, 11) is 0. The maximum absolute atomic E-state index is 12.0. The maximum Gasteiger partial charge on any atom is 0.324 e. The number of nitrogens with zero attached hydrogens (tertiary/aromatic N) is 2. The van der Waals surface area contributed by atoms with Crippen LogP contribution in [0.5, 0.6) is 0 Å². The van der Waals surface area contributed by atoms with Gasteiger partial charge < -0.3 is 4.90 Å². The zero-order chi connectivity index (χ0) is 13.0. The van der Waals surface area contributed by atoms with Crippen molar-refractivity contribution in [1.29, 1.82) is 0 Å². The highest BCUT2D eigenvalue weighted by molar-refractivity contribution is 5.93. The number of piperidine rings is 1. The van der Waals surface area contributed by atoms with E-state index in [2.05, 4.69) is 10.3 Å². The lowest BCUT2D eigenvalue weighted by molar-refractivity contribution is -0.118. The van der Waals surface area contributed by atoms with Crippen molar-refractivity contribution in [1.82, 2.24) is 15.2 Å². The van der Waals surface area contributed by atoms with Crippen LogP contribution in [0.4, 0.5) is 4.79 Å². The van der Waals surface area contributed by atoms with Crippen LogP contribution in [0.15, 0.2) is 24.5 Å². The van der Waals surface area contributed by atoms with Crippen LogP contribution < -0.4 is 5.32 Å². The Hall–Kier alpha value is -1.91. The summed E-state index contributed by atoms with van der Waals surface area (Å²) >= 11 is 0. The van der Waals surface area contributed by atoms with Gasteiger partial charge >= 0.3 is 6.03 Å². The third-order valence-corrected chi connectivity index (χ3v) is 3.12. The maximum atomic E-state index is 12.0. The average Bonchev–Trinajstić information content (AvgIpc) is 2.39. The Morgan fingerprint density at radius 1 is 1.44 bits per heavy atom. The first-order chi connectivity index (χ1) is 8.68. The SMILES string of the molecule is CC(=O)NC(=O)N1CCCCC1c1cccnc1. The van der Waals surface area contributed by atoms with Crippen molar-refractivity contribution in [2.24, 2.45) is 0 Å². The van der Waals surface area contributed by atoms with Gasteiger partial charge in [0.25, 0.3) is 0 Å². The van der Waals surface area contributed by atoms with Crippen LogP contribution in [0.2, 0.25) is 0 Å². The highest BCUT2D eigenvalue weighted by Gasteiger charge is 2.28. The Kier molecular flexibility index (Phi) is 3.92. The van der Waals surface area contributed by atoms with E-state index in [1.165, 1.54) is 6.92 Å². The molecule has 2 rings (SSSR count). The molecule has 0 aliphatic carbocycles. The molecule has 3 amide bonds. The van der Waals surface area contributed by atoms with Gasteiger partial charge in [-0.25, -0.2) is 4.79 Å². The van der Waals surface area contributed by atoms with Crippen molar-refractivity contribution in [2.75, 3.05) is 6.54 Å². The van der Waals surface area contributed by atoms with Crippen molar-refractivity contribution in [3.63, 3.8) is 0 Å². The number of nitrogens with one attached hydrogen (secondary N) is 1. The fraction of sp³-hybridized carbons (Fsp3) is 0.462. The average molecular weight is 247 g/mol. The Morgan fingerprint density at radius 2 is 2.28 bits per heavy atom. The Morgan fingerprint density at radius 3 is 2.94 bits per heavy atom. The summed E-state index contributed by atoms with van der Waals surface area (Å²) in [5.74, 6) is -0.324. The van der Waals surface area contributed by atoms with E-state index in [1.54, 1.807) is 17.3 Å². The third kappa shape index (κ3) is 2.85. The summed E-state index contributed by atoms with van der Waals surface area (Å²) < 4.78 is 0. The van der Waals surface area contributed by atoms with Gasteiger partial charge in [0, 0.05) is 25.9 Å². The topological polar surface area (TPSA) is 62.3 Å². The molecule has 96 valence electrons. The predicted molar refractivity (Wildman–Crippen MR) is 66.7 cm³/mol. The van der Waals surface area contributed by atoms with E-state index in [9.17, 15) is 9.59 Å². The molecule has 5 heteroatoms. The molecule has 0 bridgehead atoms. The number of likely N-dealkylation sites (tertiary alicyclic amines) is 1. The fourth-order valence-electron chi connectivity index (χ4n) is 2.32. The molecule has 1 atom stereocenters. The largest absolute Gasteiger partial charge is 0.324 e. The van der Waals surface area contributed by atoms with E-state index in [4.69, 9.17) is 0 Å². The number of carbonyl (C=O) groups is 2. The molecule has 0 aromatic carbocycles. The third-order valence-electron chi connectivity index (χ3n) is 3.12. The summed E-state index contributed by atoms with van der Waals surface area (Å²) in [6.45, 7) is 2.03. The number of rotatable bonds is 1. The van der Waals surface area contributed by atoms with Gasteiger partial charge in [-0.1, -0.05) is 6.07 Å². The summed E-state index contributed by atoms with van der Waals surface area (Å²) in [5, 5.41) is 2.34. The highest BCUT2D eigenvalue weighted by Crippen LogP contribution is 2.30. The molecule has 1 aromatic heterocycles. The van der Waals surface area contributed by atoms with Crippen LogP contribution in [-0.4, -0.2) is 28.4 Å². The molecule has 1 aromatic rings. The van der Waals surface area contributed by atoms with Gasteiger partial charge in [-0.2, -0.15) is 0 Å². The molecule has 5 nitrogen and oxygen atoms in total. The molecule has 1 aliphatic rings. The second-order valence-electron chi connectivity index (χ2n) is 4.48. The van der Waals surface area contributed by atoms with Crippen LogP contribution in [-0.2, 0) is 4.79 Å². The number of carbonyl (C=O) groups excluding carboxylic acids is 2. The summed E-state index contributed by atoms with van der Waals surface area (Å²) in [6.07, 6.45) is 6.47. The van der Waals surface area contributed by atoms with E-state index in [0.29, 0.717) is 6.54 Å². The minimum atomic E-state index is -0.324. The van der Waals surface area contributed by atoms with Gasteiger partial charge in [-0.05, 0) is 30.9 Å². The van der Waals surface area contributed by atoms with Crippen molar-refractivity contribution < 1.29 is 9.59 Å². The molecule has 0 saturated carbocycles. The molecule has 18 heavy (non-hydrogen) atoms. The van der Waals surface area contributed by atoms with Crippen LogP contribution in [0.1, 0.15) is 37.8 Å². The standard InChI is InChI=1S/C13H17N3O2/c1-10(17)15-13(18)16-8-3-2-6-12(16)11-5-4-7-14-9-11/h4-5,7,9,12H,2-3,6,8H2,1H3,(H,15,17,18). The summed E-state index contributed by atoms with van der Waals surface area (Å²) in [5.41, 5.74) is 1.02. The van der Waals surface area contributed by atoms with Crippen LogP contribution in [0, 0.1) is 0 Å². The highest BCUT2D eigenvalue weighted by atomic mass is 16.2. The molecule has 1 unspecified atom stereocenters. The van der Waals surface area contributed by atoms with Gasteiger partial charge in [-0.3, -0.25) is 15.1 Å². The monoisotopic (exact) mass is 247 g/mol. The first kappa shape index (κ1) is 12.5. The Bertz CT molecular complexity index is 433. The molecular formula is C13H17N3O2. The molecular weight excluding hydrogens is 230 g/mol. The predicted octanol–water partition coefficient (Wildman–Crippen LogP) is 1.86. The zero-order valence-electron chi connectivity index (χ0n) is 10.4.